The quantitative estimate of drug-likeness (QED) is 0.782. The molecule has 1 saturated carbocycles. The molecule has 2 heteroatoms. The minimum Gasteiger partial charge on any atom is -0.381 e. The highest BCUT2D eigenvalue weighted by atomic mass is 16.5. The molecule has 1 fully saturated rings. The second kappa shape index (κ2) is 5.31. The molecule has 0 bridgehead atoms. The van der Waals surface area contributed by atoms with Gasteiger partial charge in [-0.15, -0.1) is 0 Å². The Morgan fingerprint density at radius 1 is 1.27 bits per heavy atom. The monoisotopic (exact) mass is 213 g/mol. The van der Waals surface area contributed by atoms with E-state index in [1.807, 2.05) is 0 Å². The van der Waals surface area contributed by atoms with Gasteiger partial charge in [0.05, 0.1) is 6.61 Å². The van der Waals surface area contributed by atoms with Crippen molar-refractivity contribution in [3.63, 3.8) is 0 Å². The normalized spacial score (nSPS) is 33.0. The van der Waals surface area contributed by atoms with Crippen molar-refractivity contribution >= 4 is 0 Å². The second-order valence-electron chi connectivity index (χ2n) is 5.96. The van der Waals surface area contributed by atoms with Crippen molar-refractivity contribution in [1.82, 2.24) is 0 Å². The maximum absolute atomic E-state index is 6.15. The van der Waals surface area contributed by atoms with Crippen LogP contribution in [0.2, 0.25) is 0 Å². The molecular formula is C13H27NO. The summed E-state index contributed by atoms with van der Waals surface area (Å²) in [6, 6.07) is 0.357. The molecule has 0 aliphatic heterocycles. The fourth-order valence-electron chi connectivity index (χ4n) is 2.53. The molecule has 15 heavy (non-hydrogen) atoms. The van der Waals surface area contributed by atoms with Gasteiger partial charge in [-0.05, 0) is 43.4 Å². The van der Waals surface area contributed by atoms with Crippen molar-refractivity contribution < 1.29 is 4.74 Å². The predicted octanol–water partition coefficient (Wildman–Crippen LogP) is 2.81. The molecule has 1 rings (SSSR count). The van der Waals surface area contributed by atoms with Crippen LogP contribution >= 0.6 is 0 Å². The fraction of sp³-hybridized carbons (Fsp3) is 1.00. The van der Waals surface area contributed by atoms with Crippen molar-refractivity contribution in [3.05, 3.63) is 0 Å². The molecule has 2 N–H and O–H groups in total. The summed E-state index contributed by atoms with van der Waals surface area (Å²) in [4.78, 5) is 0. The third-order valence-electron chi connectivity index (χ3n) is 3.80. The number of hydrogen-bond donors (Lipinski definition) is 1. The molecule has 1 aliphatic carbocycles. The van der Waals surface area contributed by atoms with Crippen molar-refractivity contribution in [2.24, 2.45) is 23.0 Å². The summed E-state index contributed by atoms with van der Waals surface area (Å²) in [6.45, 7) is 10.7. The third kappa shape index (κ3) is 3.76. The fourth-order valence-corrected chi connectivity index (χ4v) is 2.53. The average molecular weight is 213 g/mol. The largest absolute Gasteiger partial charge is 0.381 e. The molecule has 0 saturated heterocycles. The van der Waals surface area contributed by atoms with Crippen LogP contribution in [0.5, 0.6) is 0 Å². The summed E-state index contributed by atoms with van der Waals surface area (Å²) in [7, 11) is 0. The third-order valence-corrected chi connectivity index (χ3v) is 3.80. The zero-order valence-corrected chi connectivity index (χ0v) is 10.8. The first-order chi connectivity index (χ1) is 6.95. The minimum atomic E-state index is 0.357. The van der Waals surface area contributed by atoms with Crippen LogP contribution in [0.1, 0.15) is 47.0 Å². The molecule has 0 heterocycles. The zero-order chi connectivity index (χ0) is 11.5. The van der Waals surface area contributed by atoms with Gasteiger partial charge in [0.2, 0.25) is 0 Å². The van der Waals surface area contributed by atoms with E-state index in [1.165, 1.54) is 19.3 Å². The molecule has 2 nitrogen and oxygen atoms in total. The molecule has 3 atom stereocenters. The SMILES string of the molecule is CCOCC1CC(C(C)(C)C)CCC1N. The highest BCUT2D eigenvalue weighted by Crippen LogP contribution is 2.39. The molecular weight excluding hydrogens is 186 g/mol. The van der Waals surface area contributed by atoms with Gasteiger partial charge in [0, 0.05) is 12.6 Å². The molecule has 0 radical (unpaired) electrons. The van der Waals surface area contributed by atoms with Gasteiger partial charge < -0.3 is 10.5 Å². The van der Waals surface area contributed by atoms with Gasteiger partial charge in [-0.1, -0.05) is 20.8 Å². The lowest BCUT2D eigenvalue weighted by atomic mass is 9.68. The molecule has 0 spiro atoms. The van der Waals surface area contributed by atoms with E-state index in [0.717, 1.165) is 19.1 Å². The Morgan fingerprint density at radius 2 is 1.93 bits per heavy atom. The molecule has 0 aromatic rings. The maximum atomic E-state index is 6.15. The zero-order valence-electron chi connectivity index (χ0n) is 10.8. The van der Waals surface area contributed by atoms with Crippen LogP contribution in [0.4, 0.5) is 0 Å². The average Bonchev–Trinajstić information content (AvgIpc) is 2.15. The van der Waals surface area contributed by atoms with E-state index in [-0.39, 0.29) is 0 Å². The van der Waals surface area contributed by atoms with Crippen molar-refractivity contribution in [3.8, 4) is 0 Å². The van der Waals surface area contributed by atoms with E-state index in [0.29, 0.717) is 17.4 Å². The summed E-state index contributed by atoms with van der Waals surface area (Å²) in [5, 5.41) is 0. The Balaban J connectivity index is 2.48. The number of rotatable bonds is 3. The van der Waals surface area contributed by atoms with Gasteiger partial charge in [0.25, 0.3) is 0 Å². The van der Waals surface area contributed by atoms with Crippen LogP contribution in [0.15, 0.2) is 0 Å². The molecule has 0 amide bonds. The topological polar surface area (TPSA) is 35.2 Å². The summed E-state index contributed by atoms with van der Waals surface area (Å²) in [6.07, 6.45) is 3.69. The van der Waals surface area contributed by atoms with Crippen LogP contribution in [-0.4, -0.2) is 19.3 Å². The van der Waals surface area contributed by atoms with E-state index in [2.05, 4.69) is 27.7 Å². The van der Waals surface area contributed by atoms with E-state index >= 15 is 0 Å². The van der Waals surface area contributed by atoms with Crippen LogP contribution in [0.3, 0.4) is 0 Å². The first-order valence-corrected chi connectivity index (χ1v) is 6.28. The van der Waals surface area contributed by atoms with Gasteiger partial charge in [0.15, 0.2) is 0 Å². The first kappa shape index (κ1) is 13.0. The molecule has 90 valence electrons. The molecule has 0 aromatic carbocycles. The Morgan fingerprint density at radius 3 is 2.47 bits per heavy atom. The predicted molar refractivity (Wildman–Crippen MR) is 64.8 cm³/mol. The van der Waals surface area contributed by atoms with Gasteiger partial charge in [-0.25, -0.2) is 0 Å². The van der Waals surface area contributed by atoms with Gasteiger partial charge >= 0.3 is 0 Å². The molecule has 1 aliphatic rings. The smallest absolute Gasteiger partial charge is 0.0509 e. The number of ether oxygens (including phenoxy) is 1. The van der Waals surface area contributed by atoms with Crippen LogP contribution in [0.25, 0.3) is 0 Å². The first-order valence-electron chi connectivity index (χ1n) is 6.28. The van der Waals surface area contributed by atoms with Crippen LogP contribution < -0.4 is 5.73 Å². The van der Waals surface area contributed by atoms with E-state index in [9.17, 15) is 0 Å². The van der Waals surface area contributed by atoms with Crippen molar-refractivity contribution in [2.45, 2.75) is 53.0 Å². The van der Waals surface area contributed by atoms with E-state index < -0.39 is 0 Å². The van der Waals surface area contributed by atoms with E-state index in [4.69, 9.17) is 10.5 Å². The highest BCUT2D eigenvalue weighted by molar-refractivity contribution is 4.87. The minimum absolute atomic E-state index is 0.357. The number of hydrogen-bond acceptors (Lipinski definition) is 2. The number of nitrogens with two attached hydrogens (primary N) is 1. The molecule has 0 aromatic heterocycles. The Hall–Kier alpha value is -0.0800. The lowest BCUT2D eigenvalue weighted by Crippen LogP contribution is -2.41. The lowest BCUT2D eigenvalue weighted by Gasteiger charge is -2.40. The van der Waals surface area contributed by atoms with Crippen LogP contribution in [0, 0.1) is 17.3 Å². The van der Waals surface area contributed by atoms with Crippen LogP contribution in [-0.2, 0) is 4.74 Å². The lowest BCUT2D eigenvalue weighted by molar-refractivity contribution is 0.0489. The van der Waals surface area contributed by atoms with Gasteiger partial charge in [-0.2, -0.15) is 0 Å². The van der Waals surface area contributed by atoms with E-state index in [1.54, 1.807) is 0 Å². The summed E-state index contributed by atoms with van der Waals surface area (Å²) < 4.78 is 5.52. The van der Waals surface area contributed by atoms with Gasteiger partial charge in [-0.3, -0.25) is 0 Å². The summed E-state index contributed by atoms with van der Waals surface area (Å²) >= 11 is 0. The summed E-state index contributed by atoms with van der Waals surface area (Å²) in [5.74, 6) is 1.38. The Kier molecular flexibility index (Phi) is 4.60. The highest BCUT2D eigenvalue weighted by Gasteiger charge is 2.34. The van der Waals surface area contributed by atoms with Gasteiger partial charge in [0.1, 0.15) is 0 Å². The molecule has 3 unspecified atom stereocenters. The standard InChI is InChI=1S/C13H27NO/c1-5-15-9-10-8-11(13(2,3)4)6-7-12(10)14/h10-12H,5-9,14H2,1-4H3. The Labute approximate surface area is 94.6 Å². The summed E-state index contributed by atoms with van der Waals surface area (Å²) in [5.41, 5.74) is 6.57. The van der Waals surface area contributed by atoms with Crippen molar-refractivity contribution in [1.29, 1.82) is 0 Å². The second-order valence-corrected chi connectivity index (χ2v) is 5.96. The van der Waals surface area contributed by atoms with Crippen molar-refractivity contribution in [2.75, 3.05) is 13.2 Å². The Bertz CT molecular complexity index is 185. The maximum Gasteiger partial charge on any atom is 0.0509 e.